The lowest BCUT2D eigenvalue weighted by molar-refractivity contribution is -0.122. The smallest absolute Gasteiger partial charge is 0.267 e. The zero-order valence-corrected chi connectivity index (χ0v) is 21.3. The summed E-state index contributed by atoms with van der Waals surface area (Å²) in [5.41, 5.74) is 0.921. The first-order valence-corrected chi connectivity index (χ1v) is 13.1. The number of rotatable bonds is 7. The number of fused-ring (bicyclic) bond motifs is 1. The third-order valence-electron chi connectivity index (χ3n) is 6.30. The summed E-state index contributed by atoms with van der Waals surface area (Å²) >= 11 is 6.79. The molecule has 0 aromatic carbocycles. The molecule has 2 aromatic heterocycles. The van der Waals surface area contributed by atoms with E-state index in [9.17, 15) is 9.59 Å². The number of amides is 1. The first-order valence-electron chi connectivity index (χ1n) is 11.9. The fourth-order valence-electron chi connectivity index (χ4n) is 4.81. The summed E-state index contributed by atoms with van der Waals surface area (Å²) in [6.45, 7) is 8.96. The Balaban J connectivity index is 1.73. The fourth-order valence-corrected chi connectivity index (χ4v) is 6.11. The average Bonchev–Trinajstić information content (AvgIpc) is 3.05. The lowest BCUT2D eigenvalue weighted by atomic mass is 9.91. The van der Waals surface area contributed by atoms with Crippen LogP contribution in [-0.4, -0.2) is 44.1 Å². The Kier molecular flexibility index (Phi) is 7.54. The molecule has 176 valence electrons. The van der Waals surface area contributed by atoms with Gasteiger partial charge in [-0.05, 0) is 42.9 Å². The van der Waals surface area contributed by atoms with E-state index in [1.165, 1.54) is 11.8 Å². The van der Waals surface area contributed by atoms with Gasteiger partial charge in [0.25, 0.3) is 11.5 Å². The number of pyridine rings is 1. The molecule has 0 N–H and O–H groups in total. The molecule has 8 heteroatoms. The number of thioether (sulfide) groups is 1. The van der Waals surface area contributed by atoms with Crippen LogP contribution in [0.1, 0.15) is 58.4 Å². The van der Waals surface area contributed by atoms with E-state index in [1.807, 2.05) is 18.2 Å². The molecule has 2 saturated heterocycles. The summed E-state index contributed by atoms with van der Waals surface area (Å²) in [4.78, 5) is 36.0. The molecule has 0 bridgehead atoms. The number of piperidine rings is 1. The van der Waals surface area contributed by atoms with Gasteiger partial charge in [-0.15, -0.1) is 0 Å². The number of hydrogen-bond acceptors (Lipinski definition) is 6. The van der Waals surface area contributed by atoms with E-state index in [0.717, 1.165) is 45.2 Å². The van der Waals surface area contributed by atoms with Crippen LogP contribution in [0, 0.1) is 11.8 Å². The molecule has 33 heavy (non-hydrogen) atoms. The number of nitrogens with zero attached hydrogens (tertiary/aromatic N) is 4. The Bertz CT molecular complexity index is 1130. The number of carbonyl (C=O) groups excluding carboxylic acids is 1. The van der Waals surface area contributed by atoms with Crippen LogP contribution in [-0.2, 0) is 4.79 Å². The van der Waals surface area contributed by atoms with Gasteiger partial charge < -0.3 is 4.90 Å². The molecule has 0 radical (unpaired) electrons. The monoisotopic (exact) mass is 484 g/mol. The first kappa shape index (κ1) is 24.0. The summed E-state index contributed by atoms with van der Waals surface area (Å²) < 4.78 is 2.12. The predicted molar refractivity (Wildman–Crippen MR) is 141 cm³/mol. The van der Waals surface area contributed by atoms with Crippen LogP contribution >= 0.6 is 24.0 Å². The Morgan fingerprint density at radius 3 is 2.64 bits per heavy atom. The molecule has 1 amide bonds. The normalized spacial score (nSPS) is 22.7. The van der Waals surface area contributed by atoms with Crippen molar-refractivity contribution in [1.82, 2.24) is 14.3 Å². The highest BCUT2D eigenvalue weighted by Crippen LogP contribution is 2.34. The largest absolute Gasteiger partial charge is 0.355 e. The third kappa shape index (κ3) is 5.17. The topological polar surface area (TPSA) is 57.9 Å². The van der Waals surface area contributed by atoms with Gasteiger partial charge in [0, 0.05) is 25.8 Å². The van der Waals surface area contributed by atoms with Gasteiger partial charge in [-0.25, -0.2) is 4.98 Å². The lowest BCUT2D eigenvalue weighted by Gasteiger charge is -2.36. The van der Waals surface area contributed by atoms with Crippen LogP contribution in [0.15, 0.2) is 34.1 Å². The highest BCUT2D eigenvalue weighted by atomic mass is 32.2. The summed E-state index contributed by atoms with van der Waals surface area (Å²) in [5, 5.41) is 0. The summed E-state index contributed by atoms with van der Waals surface area (Å²) in [6.07, 6.45) is 8.93. The van der Waals surface area contributed by atoms with Crippen molar-refractivity contribution < 1.29 is 4.79 Å². The molecule has 2 fully saturated rings. The average molecular weight is 485 g/mol. The zero-order valence-electron chi connectivity index (χ0n) is 19.6. The molecule has 2 atom stereocenters. The van der Waals surface area contributed by atoms with E-state index in [2.05, 4.69) is 25.7 Å². The SMILES string of the molecule is CCCCCCN1C(=O)/C(=C/c2c(N3C[C@H](C)C[C@H](C)C3)nc3ccccn3c2=O)SC1=S. The Morgan fingerprint density at radius 1 is 1.15 bits per heavy atom. The Morgan fingerprint density at radius 2 is 1.91 bits per heavy atom. The predicted octanol–water partition coefficient (Wildman–Crippen LogP) is 4.96. The fraction of sp³-hybridized carbons (Fsp3) is 0.520. The van der Waals surface area contributed by atoms with Gasteiger partial charge in [0.05, 0.1) is 10.5 Å². The van der Waals surface area contributed by atoms with E-state index >= 15 is 0 Å². The molecule has 6 nitrogen and oxygen atoms in total. The molecule has 0 aliphatic carbocycles. The second kappa shape index (κ2) is 10.4. The van der Waals surface area contributed by atoms with E-state index in [0.29, 0.717) is 44.6 Å². The third-order valence-corrected chi connectivity index (χ3v) is 7.68. The number of anilines is 1. The zero-order chi connectivity index (χ0) is 23.5. The maximum atomic E-state index is 13.5. The van der Waals surface area contributed by atoms with Gasteiger partial charge in [0.15, 0.2) is 0 Å². The molecule has 2 aromatic rings. The van der Waals surface area contributed by atoms with Crippen molar-refractivity contribution in [2.45, 2.75) is 52.9 Å². The number of thiocarbonyl (C=S) groups is 1. The van der Waals surface area contributed by atoms with Gasteiger partial charge in [-0.1, -0.05) is 70.1 Å². The van der Waals surface area contributed by atoms with Crippen LogP contribution in [0.5, 0.6) is 0 Å². The van der Waals surface area contributed by atoms with Gasteiger partial charge in [0.2, 0.25) is 0 Å². The molecule has 4 heterocycles. The summed E-state index contributed by atoms with van der Waals surface area (Å²) in [7, 11) is 0. The molecule has 2 aliphatic rings. The summed E-state index contributed by atoms with van der Waals surface area (Å²) in [6, 6.07) is 5.55. The minimum atomic E-state index is -0.158. The second-order valence-corrected chi connectivity index (χ2v) is 11.0. The summed E-state index contributed by atoms with van der Waals surface area (Å²) in [5.74, 6) is 1.58. The molecule has 2 aliphatic heterocycles. The molecule has 0 unspecified atom stereocenters. The highest BCUT2D eigenvalue weighted by Gasteiger charge is 2.33. The number of aromatic nitrogens is 2. The number of unbranched alkanes of at least 4 members (excludes halogenated alkanes) is 3. The number of hydrogen-bond donors (Lipinski definition) is 0. The Hall–Kier alpha value is -2.19. The standard InChI is InChI=1S/C25H32N4O2S2/c1-4-5-6-8-12-29-24(31)20(33-25(29)32)14-19-22(27-15-17(2)13-18(3)16-27)26-21-10-7-9-11-28(21)23(19)30/h7,9-11,14,17-18H,4-6,8,12-13,15-16H2,1-3H3/b20-14-/t17-,18+. The molecular formula is C25H32N4O2S2. The van der Waals surface area contributed by atoms with Crippen molar-refractivity contribution in [3.63, 3.8) is 0 Å². The minimum Gasteiger partial charge on any atom is -0.355 e. The first-order chi connectivity index (χ1) is 15.9. The van der Waals surface area contributed by atoms with E-state index < -0.39 is 0 Å². The van der Waals surface area contributed by atoms with E-state index in [1.54, 1.807) is 21.6 Å². The molecule has 0 spiro atoms. The van der Waals surface area contributed by atoms with Gasteiger partial charge in [-0.2, -0.15) is 0 Å². The van der Waals surface area contributed by atoms with Crippen molar-refractivity contribution >= 4 is 51.7 Å². The van der Waals surface area contributed by atoms with Crippen LogP contribution in [0.25, 0.3) is 11.7 Å². The maximum Gasteiger partial charge on any atom is 0.267 e. The molecule has 4 rings (SSSR count). The second-order valence-electron chi connectivity index (χ2n) is 9.33. The van der Waals surface area contributed by atoms with Crippen LogP contribution in [0.2, 0.25) is 0 Å². The maximum absolute atomic E-state index is 13.5. The van der Waals surface area contributed by atoms with Crippen molar-refractivity contribution in [2.24, 2.45) is 11.8 Å². The quantitative estimate of drug-likeness (QED) is 0.315. The van der Waals surface area contributed by atoms with Crippen molar-refractivity contribution in [2.75, 3.05) is 24.5 Å². The van der Waals surface area contributed by atoms with Crippen LogP contribution in [0.4, 0.5) is 5.82 Å². The minimum absolute atomic E-state index is 0.106. The highest BCUT2D eigenvalue weighted by molar-refractivity contribution is 8.26. The van der Waals surface area contributed by atoms with E-state index in [-0.39, 0.29) is 11.5 Å². The molecular weight excluding hydrogens is 452 g/mol. The number of carbonyl (C=O) groups is 1. The van der Waals surface area contributed by atoms with Gasteiger partial charge >= 0.3 is 0 Å². The molecule has 0 saturated carbocycles. The van der Waals surface area contributed by atoms with Crippen molar-refractivity contribution in [3.05, 3.63) is 45.2 Å². The van der Waals surface area contributed by atoms with Gasteiger partial charge in [0.1, 0.15) is 15.8 Å². The van der Waals surface area contributed by atoms with E-state index in [4.69, 9.17) is 17.2 Å². The van der Waals surface area contributed by atoms with Gasteiger partial charge in [-0.3, -0.25) is 18.9 Å². The van der Waals surface area contributed by atoms with Crippen LogP contribution in [0.3, 0.4) is 0 Å². The van der Waals surface area contributed by atoms with Crippen LogP contribution < -0.4 is 10.5 Å². The van der Waals surface area contributed by atoms with Crippen molar-refractivity contribution in [3.8, 4) is 0 Å². The van der Waals surface area contributed by atoms with Crippen molar-refractivity contribution in [1.29, 1.82) is 0 Å². The Labute approximate surface area is 205 Å². The lowest BCUT2D eigenvalue weighted by Crippen LogP contribution is -2.40.